The lowest BCUT2D eigenvalue weighted by Crippen LogP contribution is -2.51. The van der Waals surface area contributed by atoms with E-state index in [-0.39, 0.29) is 36.4 Å². The number of nitrogens with two attached hydrogens (primary N) is 1. The van der Waals surface area contributed by atoms with Crippen molar-refractivity contribution in [3.63, 3.8) is 0 Å². The van der Waals surface area contributed by atoms with Gasteiger partial charge in [-0.2, -0.15) is 0 Å². The van der Waals surface area contributed by atoms with Crippen LogP contribution >= 0.6 is 0 Å². The van der Waals surface area contributed by atoms with Crippen LogP contribution in [0.5, 0.6) is 5.75 Å². The summed E-state index contributed by atoms with van der Waals surface area (Å²) in [6.07, 6.45) is 2.70. The van der Waals surface area contributed by atoms with Gasteiger partial charge in [-0.05, 0) is 43.0 Å². The van der Waals surface area contributed by atoms with Gasteiger partial charge < -0.3 is 15.8 Å². The van der Waals surface area contributed by atoms with E-state index in [2.05, 4.69) is 19.2 Å². The van der Waals surface area contributed by atoms with Crippen molar-refractivity contribution in [3.05, 3.63) is 29.8 Å². The third kappa shape index (κ3) is 5.19. The molecule has 0 aliphatic carbocycles. The molecular weight excluding hydrogens is 318 g/mol. The van der Waals surface area contributed by atoms with Crippen molar-refractivity contribution in [1.82, 2.24) is 10.2 Å². The number of likely N-dealkylation sites (tertiary alicyclic amines) is 1. The third-order valence-electron chi connectivity index (χ3n) is 4.75. The zero-order valence-electron chi connectivity index (χ0n) is 15.3. The van der Waals surface area contributed by atoms with Gasteiger partial charge in [0.1, 0.15) is 5.75 Å². The highest BCUT2D eigenvalue weighted by Crippen LogP contribution is 2.24. The van der Waals surface area contributed by atoms with Gasteiger partial charge in [-0.3, -0.25) is 14.5 Å². The Morgan fingerprint density at radius 1 is 1.28 bits per heavy atom. The molecule has 0 bridgehead atoms. The second kappa shape index (κ2) is 8.85. The molecule has 6 heteroatoms. The molecule has 25 heavy (non-hydrogen) atoms. The van der Waals surface area contributed by atoms with Gasteiger partial charge >= 0.3 is 0 Å². The number of hydrogen-bond donors (Lipinski definition) is 2. The molecule has 3 N–H and O–H groups in total. The molecule has 1 aromatic rings. The number of piperidine rings is 1. The smallest absolute Gasteiger partial charge is 0.234 e. The quantitative estimate of drug-likeness (QED) is 0.788. The molecule has 1 aromatic carbocycles. The Kier molecular flexibility index (Phi) is 6.82. The number of benzene rings is 1. The van der Waals surface area contributed by atoms with Crippen molar-refractivity contribution in [2.45, 2.75) is 45.2 Å². The van der Waals surface area contributed by atoms with E-state index in [1.54, 1.807) is 7.11 Å². The van der Waals surface area contributed by atoms with Crippen LogP contribution < -0.4 is 15.8 Å². The fraction of sp³-hybridized carbons (Fsp3) is 0.579. The maximum atomic E-state index is 12.6. The summed E-state index contributed by atoms with van der Waals surface area (Å²) >= 11 is 0. The van der Waals surface area contributed by atoms with Crippen LogP contribution in [0, 0.1) is 5.92 Å². The Bertz CT molecular complexity index is 586. The molecule has 2 rings (SSSR count). The molecule has 1 heterocycles. The summed E-state index contributed by atoms with van der Waals surface area (Å²) in [4.78, 5) is 26.1. The number of amides is 2. The fourth-order valence-electron chi connectivity index (χ4n) is 3.35. The van der Waals surface area contributed by atoms with E-state index in [4.69, 9.17) is 10.5 Å². The first-order valence-corrected chi connectivity index (χ1v) is 8.89. The Balaban J connectivity index is 2.03. The summed E-state index contributed by atoms with van der Waals surface area (Å²) in [5, 5.41) is 3.10. The van der Waals surface area contributed by atoms with Gasteiger partial charge in [-0.25, -0.2) is 0 Å². The van der Waals surface area contributed by atoms with Crippen LogP contribution in [-0.4, -0.2) is 43.0 Å². The summed E-state index contributed by atoms with van der Waals surface area (Å²) < 4.78 is 5.19. The van der Waals surface area contributed by atoms with E-state index in [1.165, 1.54) is 0 Å². The second-order valence-electron chi connectivity index (χ2n) is 6.95. The van der Waals surface area contributed by atoms with Gasteiger partial charge in [0, 0.05) is 0 Å². The minimum atomic E-state index is -0.344. The number of rotatable bonds is 7. The minimum Gasteiger partial charge on any atom is -0.497 e. The maximum absolute atomic E-state index is 12.6. The second-order valence-corrected chi connectivity index (χ2v) is 6.95. The highest BCUT2D eigenvalue weighted by atomic mass is 16.5. The van der Waals surface area contributed by atoms with Crippen LogP contribution in [-0.2, 0) is 9.59 Å². The van der Waals surface area contributed by atoms with Crippen molar-refractivity contribution in [1.29, 1.82) is 0 Å². The molecule has 1 aliphatic heterocycles. The number of carbonyl (C=O) groups excluding carboxylic acids is 2. The first-order valence-electron chi connectivity index (χ1n) is 8.89. The van der Waals surface area contributed by atoms with Gasteiger partial charge in [0.15, 0.2) is 0 Å². The van der Waals surface area contributed by atoms with Gasteiger partial charge in [0.25, 0.3) is 0 Å². The summed E-state index contributed by atoms with van der Waals surface area (Å²) in [6.45, 7) is 5.08. The van der Waals surface area contributed by atoms with E-state index in [1.807, 2.05) is 29.2 Å². The zero-order chi connectivity index (χ0) is 18.4. The van der Waals surface area contributed by atoms with Crippen molar-refractivity contribution >= 4 is 11.8 Å². The van der Waals surface area contributed by atoms with Gasteiger partial charge in [0.2, 0.25) is 11.8 Å². The van der Waals surface area contributed by atoms with E-state index in [9.17, 15) is 9.59 Å². The Hall–Kier alpha value is -2.08. The summed E-state index contributed by atoms with van der Waals surface area (Å²) in [7, 11) is 1.63. The SMILES string of the molecule is COc1ccc([C@@H](NC(=O)CN2CCCC[C@H]2C(N)=O)C(C)C)cc1. The van der Waals surface area contributed by atoms with Crippen LogP contribution in [0.15, 0.2) is 24.3 Å². The molecule has 1 saturated heterocycles. The number of nitrogens with one attached hydrogen (secondary N) is 1. The molecule has 2 atom stereocenters. The topological polar surface area (TPSA) is 84.7 Å². The van der Waals surface area contributed by atoms with E-state index in [0.29, 0.717) is 0 Å². The van der Waals surface area contributed by atoms with E-state index < -0.39 is 0 Å². The number of methoxy groups -OCH3 is 1. The highest BCUT2D eigenvalue weighted by Gasteiger charge is 2.29. The standard InChI is InChI=1S/C19H29N3O3/c1-13(2)18(14-7-9-15(25-3)10-8-14)21-17(23)12-22-11-5-4-6-16(22)19(20)24/h7-10,13,16,18H,4-6,11-12H2,1-3H3,(H2,20,24)(H,21,23)/t16-,18-/m0/s1. The lowest BCUT2D eigenvalue weighted by atomic mass is 9.95. The Morgan fingerprint density at radius 3 is 2.52 bits per heavy atom. The lowest BCUT2D eigenvalue weighted by molar-refractivity contribution is -0.128. The Morgan fingerprint density at radius 2 is 1.96 bits per heavy atom. The summed E-state index contributed by atoms with van der Waals surface area (Å²) in [6, 6.07) is 7.30. The van der Waals surface area contributed by atoms with E-state index in [0.717, 1.165) is 37.1 Å². The van der Waals surface area contributed by atoms with Crippen LogP contribution in [0.2, 0.25) is 0 Å². The largest absolute Gasteiger partial charge is 0.497 e. The average molecular weight is 347 g/mol. The zero-order valence-corrected chi connectivity index (χ0v) is 15.3. The molecule has 1 fully saturated rings. The fourth-order valence-corrected chi connectivity index (χ4v) is 3.35. The first-order chi connectivity index (χ1) is 11.9. The number of hydrogen-bond acceptors (Lipinski definition) is 4. The molecule has 0 spiro atoms. The highest BCUT2D eigenvalue weighted by molar-refractivity contribution is 5.82. The van der Waals surface area contributed by atoms with Crippen LogP contribution in [0.3, 0.4) is 0 Å². The number of ether oxygens (including phenoxy) is 1. The predicted octanol–water partition coefficient (Wildman–Crippen LogP) is 1.85. The third-order valence-corrected chi connectivity index (χ3v) is 4.75. The van der Waals surface area contributed by atoms with E-state index >= 15 is 0 Å². The molecule has 0 aromatic heterocycles. The van der Waals surface area contributed by atoms with Crippen LogP contribution in [0.4, 0.5) is 0 Å². The average Bonchev–Trinajstić information content (AvgIpc) is 2.60. The first kappa shape index (κ1) is 19.2. The lowest BCUT2D eigenvalue weighted by Gasteiger charge is -2.33. The number of nitrogens with zero attached hydrogens (tertiary/aromatic N) is 1. The van der Waals surface area contributed by atoms with Crippen molar-refractivity contribution in [2.75, 3.05) is 20.2 Å². The van der Waals surface area contributed by atoms with Gasteiger partial charge in [-0.15, -0.1) is 0 Å². The normalized spacial score (nSPS) is 19.4. The molecule has 138 valence electrons. The molecule has 2 amide bonds. The summed E-state index contributed by atoms with van der Waals surface area (Å²) in [5.74, 6) is 0.603. The summed E-state index contributed by atoms with van der Waals surface area (Å²) in [5.41, 5.74) is 6.51. The molecular formula is C19H29N3O3. The molecule has 0 unspecified atom stereocenters. The van der Waals surface area contributed by atoms with Crippen LogP contribution in [0.25, 0.3) is 0 Å². The minimum absolute atomic E-state index is 0.0809. The van der Waals surface area contributed by atoms with Crippen molar-refractivity contribution in [2.24, 2.45) is 11.7 Å². The number of carbonyl (C=O) groups is 2. The van der Waals surface area contributed by atoms with Gasteiger partial charge in [-0.1, -0.05) is 32.4 Å². The van der Waals surface area contributed by atoms with Crippen molar-refractivity contribution < 1.29 is 14.3 Å². The maximum Gasteiger partial charge on any atom is 0.234 e. The monoisotopic (exact) mass is 347 g/mol. The van der Waals surface area contributed by atoms with Gasteiger partial charge in [0.05, 0.1) is 25.7 Å². The molecule has 1 aliphatic rings. The van der Waals surface area contributed by atoms with Crippen LogP contribution in [0.1, 0.15) is 44.7 Å². The predicted molar refractivity (Wildman–Crippen MR) is 97.1 cm³/mol. The van der Waals surface area contributed by atoms with Crippen molar-refractivity contribution in [3.8, 4) is 5.75 Å². The molecule has 6 nitrogen and oxygen atoms in total. The number of primary amides is 1. The molecule has 0 saturated carbocycles. The Labute approximate surface area is 149 Å². The molecule has 0 radical (unpaired) electrons.